The van der Waals surface area contributed by atoms with Gasteiger partial charge in [0.25, 0.3) is 0 Å². The molecule has 0 bridgehead atoms. The Balaban J connectivity index is 1.92. The molecule has 2 N–H and O–H groups in total. The van der Waals surface area contributed by atoms with Gasteiger partial charge >= 0.3 is 0 Å². The number of sulfone groups is 1. The number of ether oxygens (including phenoxy) is 2. The molecule has 0 fully saturated rings. The average molecular weight is 469 g/mol. The van der Waals surface area contributed by atoms with Gasteiger partial charge in [-0.15, -0.1) is 0 Å². The minimum Gasteiger partial charge on any atom is -0.493 e. The Bertz CT molecular complexity index is 1290. The molecule has 0 saturated heterocycles. The van der Waals surface area contributed by atoms with E-state index >= 15 is 0 Å². The number of nitrogens with one attached hydrogen (secondary N) is 2. The van der Waals surface area contributed by atoms with E-state index in [1.807, 2.05) is 32.0 Å². The smallest absolute Gasteiger partial charge is 0.243 e. The third kappa shape index (κ3) is 5.46. The van der Waals surface area contributed by atoms with Crippen LogP contribution in [0.25, 0.3) is 0 Å². The minimum absolute atomic E-state index is 0.0689. The highest BCUT2D eigenvalue weighted by Crippen LogP contribution is 2.36. The molecule has 0 atom stereocenters. The largest absolute Gasteiger partial charge is 0.493 e. The molecule has 0 heterocycles. The minimum atomic E-state index is -3.92. The lowest BCUT2D eigenvalue weighted by molar-refractivity contribution is -0.114. The fourth-order valence-electron chi connectivity index (χ4n) is 3.65. The topological polar surface area (TPSA) is 93.7 Å². The number of carbonyl (C=O) groups is 1. The molecule has 174 valence electrons. The molecule has 3 aromatic carbocycles. The lowest BCUT2D eigenvalue weighted by atomic mass is 10.1. The molecule has 0 unspecified atom stereocenters. The molecule has 1 amide bonds. The van der Waals surface area contributed by atoms with Gasteiger partial charge in [0.1, 0.15) is 0 Å². The number of carbonyl (C=O) groups excluding carboxylic acids is 1. The monoisotopic (exact) mass is 468 g/mol. The number of rotatable bonds is 8. The first-order valence-electron chi connectivity index (χ1n) is 10.3. The second-order valence-corrected chi connectivity index (χ2v) is 9.64. The number of amides is 1. The summed E-state index contributed by atoms with van der Waals surface area (Å²) in [6.07, 6.45) is 0. The zero-order chi connectivity index (χ0) is 24.2. The Morgan fingerprint density at radius 2 is 1.61 bits per heavy atom. The van der Waals surface area contributed by atoms with Crippen molar-refractivity contribution in [3.63, 3.8) is 0 Å². The predicted molar refractivity (Wildman–Crippen MR) is 129 cm³/mol. The zero-order valence-corrected chi connectivity index (χ0v) is 20.2. The lowest BCUT2D eigenvalue weighted by Gasteiger charge is -2.17. The third-order valence-corrected chi connectivity index (χ3v) is 7.05. The van der Waals surface area contributed by atoms with Crippen LogP contribution in [-0.4, -0.2) is 35.1 Å². The van der Waals surface area contributed by atoms with E-state index in [0.717, 1.165) is 11.1 Å². The molecule has 3 aromatic rings. The molecule has 0 aliphatic carbocycles. The van der Waals surface area contributed by atoms with E-state index in [9.17, 15) is 13.2 Å². The summed E-state index contributed by atoms with van der Waals surface area (Å²) in [6, 6.07) is 15.4. The number of methoxy groups -OCH3 is 2. The van der Waals surface area contributed by atoms with Gasteiger partial charge in [0, 0.05) is 11.8 Å². The molecule has 7 nitrogen and oxygen atoms in total. The van der Waals surface area contributed by atoms with E-state index < -0.39 is 9.84 Å². The van der Waals surface area contributed by atoms with Crippen LogP contribution in [0.15, 0.2) is 64.4 Å². The van der Waals surface area contributed by atoms with Crippen molar-refractivity contribution in [3.05, 3.63) is 71.3 Å². The zero-order valence-electron chi connectivity index (χ0n) is 19.4. The first kappa shape index (κ1) is 24.1. The summed E-state index contributed by atoms with van der Waals surface area (Å²) >= 11 is 0. The molecule has 0 aliphatic heterocycles. The second kappa shape index (κ2) is 9.95. The SMILES string of the molecule is COc1ccc(S(=O)(=O)c2c(C)cc(C)cc2NCC(=O)Nc2cccc(C)c2)cc1OC. The highest BCUT2D eigenvalue weighted by Gasteiger charge is 2.26. The van der Waals surface area contributed by atoms with E-state index in [-0.39, 0.29) is 22.2 Å². The van der Waals surface area contributed by atoms with Crippen LogP contribution in [0.4, 0.5) is 11.4 Å². The van der Waals surface area contributed by atoms with Crippen LogP contribution in [0.2, 0.25) is 0 Å². The van der Waals surface area contributed by atoms with Gasteiger partial charge in [-0.25, -0.2) is 8.42 Å². The van der Waals surface area contributed by atoms with Gasteiger partial charge in [0.15, 0.2) is 11.5 Å². The normalized spacial score (nSPS) is 11.1. The van der Waals surface area contributed by atoms with E-state index in [0.29, 0.717) is 28.4 Å². The van der Waals surface area contributed by atoms with Gasteiger partial charge in [0.05, 0.1) is 36.2 Å². The summed E-state index contributed by atoms with van der Waals surface area (Å²) in [5.41, 5.74) is 3.52. The summed E-state index contributed by atoms with van der Waals surface area (Å²) in [5, 5.41) is 5.83. The lowest BCUT2D eigenvalue weighted by Crippen LogP contribution is -2.23. The van der Waals surface area contributed by atoms with Crippen molar-refractivity contribution in [1.82, 2.24) is 0 Å². The number of anilines is 2. The Morgan fingerprint density at radius 1 is 0.879 bits per heavy atom. The average Bonchev–Trinajstić information content (AvgIpc) is 2.76. The van der Waals surface area contributed by atoms with Gasteiger partial charge in [0.2, 0.25) is 15.7 Å². The Hall–Kier alpha value is -3.52. The number of hydrogen-bond acceptors (Lipinski definition) is 6. The Morgan fingerprint density at radius 3 is 2.27 bits per heavy atom. The summed E-state index contributed by atoms with van der Waals surface area (Å²) in [4.78, 5) is 12.7. The summed E-state index contributed by atoms with van der Waals surface area (Å²) in [6.45, 7) is 5.45. The maximum absolute atomic E-state index is 13.6. The van der Waals surface area contributed by atoms with E-state index in [1.54, 1.807) is 31.2 Å². The fourth-order valence-corrected chi connectivity index (χ4v) is 5.30. The summed E-state index contributed by atoms with van der Waals surface area (Å²) < 4.78 is 37.7. The predicted octanol–water partition coefficient (Wildman–Crippen LogP) is 4.51. The van der Waals surface area contributed by atoms with Crippen molar-refractivity contribution in [2.45, 2.75) is 30.6 Å². The standard InChI is InChI=1S/C25H28N2O5S/c1-16-7-6-8-19(12-16)27-24(28)15-26-21-13-17(2)11-18(3)25(21)33(29,30)20-9-10-22(31-4)23(14-20)32-5/h6-14,26H,15H2,1-5H3,(H,27,28). The van der Waals surface area contributed by atoms with Crippen LogP contribution >= 0.6 is 0 Å². The number of aryl methyl sites for hydroxylation is 3. The van der Waals surface area contributed by atoms with Crippen molar-refractivity contribution in [1.29, 1.82) is 0 Å². The van der Waals surface area contributed by atoms with E-state index in [1.165, 1.54) is 26.4 Å². The Labute approximate surface area is 194 Å². The summed E-state index contributed by atoms with van der Waals surface area (Å²) in [5.74, 6) is 0.466. The van der Waals surface area contributed by atoms with Gasteiger partial charge in [-0.1, -0.05) is 18.2 Å². The van der Waals surface area contributed by atoms with Crippen LogP contribution in [0, 0.1) is 20.8 Å². The van der Waals surface area contributed by atoms with Crippen LogP contribution in [0.3, 0.4) is 0 Å². The quantitative estimate of drug-likeness (QED) is 0.505. The van der Waals surface area contributed by atoms with Crippen molar-refractivity contribution in [2.24, 2.45) is 0 Å². The van der Waals surface area contributed by atoms with Crippen LogP contribution in [-0.2, 0) is 14.6 Å². The van der Waals surface area contributed by atoms with Crippen LogP contribution in [0.5, 0.6) is 11.5 Å². The van der Waals surface area contributed by atoms with Crippen LogP contribution in [0.1, 0.15) is 16.7 Å². The molecule has 0 aromatic heterocycles. The molecule has 0 aliphatic rings. The van der Waals surface area contributed by atoms with E-state index in [4.69, 9.17) is 9.47 Å². The molecule has 0 spiro atoms. The highest BCUT2D eigenvalue weighted by molar-refractivity contribution is 7.91. The Kier molecular flexibility index (Phi) is 7.28. The number of hydrogen-bond donors (Lipinski definition) is 2. The maximum Gasteiger partial charge on any atom is 0.243 e. The molecule has 3 rings (SSSR count). The fraction of sp³-hybridized carbons (Fsp3) is 0.240. The van der Waals surface area contributed by atoms with Gasteiger partial charge < -0.3 is 20.1 Å². The van der Waals surface area contributed by atoms with Gasteiger partial charge in [-0.05, 0) is 67.8 Å². The van der Waals surface area contributed by atoms with Gasteiger partial charge in [-0.2, -0.15) is 0 Å². The van der Waals surface area contributed by atoms with Crippen molar-refractivity contribution in [3.8, 4) is 11.5 Å². The van der Waals surface area contributed by atoms with Crippen molar-refractivity contribution >= 4 is 27.1 Å². The second-order valence-electron chi connectivity index (χ2n) is 7.75. The summed E-state index contributed by atoms with van der Waals surface area (Å²) in [7, 11) is -0.981. The molecule has 0 saturated carbocycles. The van der Waals surface area contributed by atoms with Crippen LogP contribution < -0.4 is 20.1 Å². The van der Waals surface area contributed by atoms with Crippen molar-refractivity contribution in [2.75, 3.05) is 31.4 Å². The third-order valence-electron chi connectivity index (χ3n) is 5.09. The molecular formula is C25H28N2O5S. The molecule has 0 radical (unpaired) electrons. The highest BCUT2D eigenvalue weighted by atomic mass is 32.2. The van der Waals surface area contributed by atoms with Gasteiger partial charge in [-0.3, -0.25) is 4.79 Å². The molecule has 8 heteroatoms. The first-order chi connectivity index (χ1) is 15.6. The van der Waals surface area contributed by atoms with E-state index in [2.05, 4.69) is 10.6 Å². The first-order valence-corrected chi connectivity index (χ1v) is 11.8. The molecule has 33 heavy (non-hydrogen) atoms. The maximum atomic E-state index is 13.6. The molecular weight excluding hydrogens is 440 g/mol. The van der Waals surface area contributed by atoms with Crippen molar-refractivity contribution < 1.29 is 22.7 Å². The number of benzene rings is 3.